The van der Waals surface area contributed by atoms with Crippen LogP contribution in [-0.4, -0.2) is 20.8 Å². The third-order valence-electron chi connectivity index (χ3n) is 3.34. The molecule has 0 saturated heterocycles. The Bertz CT molecular complexity index is 523. The maximum atomic E-state index is 9.93. The van der Waals surface area contributed by atoms with E-state index >= 15 is 0 Å². The number of hydrogen-bond acceptors (Lipinski definition) is 2. The van der Waals surface area contributed by atoms with Gasteiger partial charge in [0.1, 0.15) is 0 Å². The summed E-state index contributed by atoms with van der Waals surface area (Å²) in [4.78, 5) is 4.37. The molecule has 3 rings (SSSR count). The van der Waals surface area contributed by atoms with Gasteiger partial charge >= 0.3 is 0 Å². The van der Waals surface area contributed by atoms with Crippen LogP contribution >= 0.6 is 15.9 Å². The van der Waals surface area contributed by atoms with Crippen LogP contribution in [0.25, 0.3) is 11.0 Å². The lowest BCUT2D eigenvalue weighted by molar-refractivity contribution is 0.138. The van der Waals surface area contributed by atoms with Gasteiger partial charge in [-0.05, 0) is 37.5 Å². The normalized spacial score (nSPS) is 25.4. The first-order valence-corrected chi connectivity index (χ1v) is 6.35. The molecule has 1 N–H and O–H groups in total. The summed E-state index contributed by atoms with van der Waals surface area (Å²) < 4.78 is 3.16. The molecule has 0 aliphatic heterocycles. The quantitative estimate of drug-likeness (QED) is 0.872. The number of aromatic nitrogens is 2. The molecule has 1 heterocycles. The predicted molar refractivity (Wildman–Crippen MR) is 66.3 cm³/mol. The van der Waals surface area contributed by atoms with Crippen molar-refractivity contribution in [2.24, 2.45) is 0 Å². The average molecular weight is 281 g/mol. The van der Waals surface area contributed by atoms with E-state index < -0.39 is 0 Å². The van der Waals surface area contributed by atoms with Gasteiger partial charge in [-0.25, -0.2) is 4.98 Å². The maximum absolute atomic E-state index is 9.93. The van der Waals surface area contributed by atoms with Crippen molar-refractivity contribution in [1.29, 1.82) is 0 Å². The van der Waals surface area contributed by atoms with Crippen LogP contribution in [0.4, 0.5) is 0 Å². The molecule has 1 aromatic heterocycles. The van der Waals surface area contributed by atoms with E-state index in [-0.39, 0.29) is 12.1 Å². The SMILES string of the molecule is O[C@@H]1CCC[C@H]1n1cnc2ccc(Br)cc21. The van der Waals surface area contributed by atoms with Crippen molar-refractivity contribution in [2.45, 2.75) is 31.4 Å². The Labute approximate surface area is 102 Å². The topological polar surface area (TPSA) is 38.0 Å². The summed E-state index contributed by atoms with van der Waals surface area (Å²) in [6, 6.07) is 6.24. The summed E-state index contributed by atoms with van der Waals surface area (Å²) >= 11 is 3.47. The minimum atomic E-state index is -0.226. The van der Waals surface area contributed by atoms with Gasteiger partial charge < -0.3 is 9.67 Å². The van der Waals surface area contributed by atoms with E-state index in [1.54, 1.807) is 0 Å². The molecule has 0 unspecified atom stereocenters. The molecule has 2 aromatic rings. The van der Waals surface area contributed by atoms with Crippen molar-refractivity contribution in [3.8, 4) is 0 Å². The lowest BCUT2D eigenvalue weighted by Gasteiger charge is -2.17. The lowest BCUT2D eigenvalue weighted by Crippen LogP contribution is -2.17. The highest BCUT2D eigenvalue weighted by molar-refractivity contribution is 9.10. The Morgan fingerprint density at radius 2 is 2.25 bits per heavy atom. The van der Waals surface area contributed by atoms with E-state index in [4.69, 9.17) is 0 Å². The number of hydrogen-bond donors (Lipinski definition) is 1. The molecular weight excluding hydrogens is 268 g/mol. The summed E-state index contributed by atoms with van der Waals surface area (Å²) in [6.45, 7) is 0. The van der Waals surface area contributed by atoms with Crippen LogP contribution in [0.1, 0.15) is 25.3 Å². The van der Waals surface area contributed by atoms with Crippen molar-refractivity contribution in [2.75, 3.05) is 0 Å². The zero-order valence-corrected chi connectivity index (χ0v) is 10.4. The molecule has 84 valence electrons. The van der Waals surface area contributed by atoms with Crippen LogP contribution in [0.5, 0.6) is 0 Å². The van der Waals surface area contributed by atoms with Crippen LogP contribution in [0.15, 0.2) is 29.0 Å². The minimum Gasteiger partial charge on any atom is -0.391 e. The van der Waals surface area contributed by atoms with Crippen LogP contribution in [-0.2, 0) is 0 Å². The Kier molecular flexibility index (Phi) is 2.48. The summed E-state index contributed by atoms with van der Waals surface area (Å²) in [7, 11) is 0. The summed E-state index contributed by atoms with van der Waals surface area (Å²) in [5.41, 5.74) is 2.09. The highest BCUT2D eigenvalue weighted by Crippen LogP contribution is 2.33. The lowest BCUT2D eigenvalue weighted by atomic mass is 10.2. The monoisotopic (exact) mass is 280 g/mol. The molecule has 16 heavy (non-hydrogen) atoms. The van der Waals surface area contributed by atoms with Crippen LogP contribution in [0, 0.1) is 0 Å². The summed E-state index contributed by atoms with van der Waals surface area (Å²) in [6.07, 6.45) is 4.66. The highest BCUT2D eigenvalue weighted by atomic mass is 79.9. The van der Waals surface area contributed by atoms with Gasteiger partial charge in [-0.3, -0.25) is 0 Å². The second-order valence-corrected chi connectivity index (χ2v) is 5.27. The highest BCUT2D eigenvalue weighted by Gasteiger charge is 2.27. The fraction of sp³-hybridized carbons (Fsp3) is 0.417. The Hall–Kier alpha value is -0.870. The number of aliphatic hydroxyl groups is 1. The van der Waals surface area contributed by atoms with Crippen LogP contribution in [0.2, 0.25) is 0 Å². The molecular formula is C12H13BrN2O. The number of rotatable bonds is 1. The third-order valence-corrected chi connectivity index (χ3v) is 3.83. The average Bonchev–Trinajstić information content (AvgIpc) is 2.83. The van der Waals surface area contributed by atoms with Crippen LogP contribution in [0.3, 0.4) is 0 Å². The predicted octanol–water partition coefficient (Wildman–Crippen LogP) is 2.88. The van der Waals surface area contributed by atoms with Crippen molar-refractivity contribution in [3.63, 3.8) is 0 Å². The molecule has 1 aliphatic rings. The number of imidazole rings is 1. The van der Waals surface area contributed by atoms with Crippen molar-refractivity contribution in [3.05, 3.63) is 29.0 Å². The van der Waals surface area contributed by atoms with E-state index in [9.17, 15) is 5.11 Å². The Balaban J connectivity index is 2.12. The first-order chi connectivity index (χ1) is 7.75. The summed E-state index contributed by atoms with van der Waals surface area (Å²) in [5, 5.41) is 9.93. The number of aliphatic hydroxyl groups excluding tert-OH is 1. The number of nitrogens with zero attached hydrogens (tertiary/aromatic N) is 2. The zero-order chi connectivity index (χ0) is 11.1. The molecule has 0 bridgehead atoms. The number of halogens is 1. The smallest absolute Gasteiger partial charge is 0.0961 e. The molecule has 1 fully saturated rings. The first kappa shape index (κ1) is 10.3. The van der Waals surface area contributed by atoms with Gasteiger partial charge in [-0.2, -0.15) is 0 Å². The standard InChI is InChI=1S/C12H13BrN2O/c13-8-4-5-9-11(6-8)15(7-14-9)10-2-1-3-12(10)16/h4-7,10,12,16H,1-3H2/t10-,12-/m1/s1. The summed E-state index contributed by atoms with van der Waals surface area (Å²) in [5.74, 6) is 0. The van der Waals surface area contributed by atoms with Crippen molar-refractivity contribution < 1.29 is 5.11 Å². The van der Waals surface area contributed by atoms with Gasteiger partial charge in [0.25, 0.3) is 0 Å². The Morgan fingerprint density at radius 3 is 3.00 bits per heavy atom. The number of fused-ring (bicyclic) bond motifs is 1. The molecule has 3 nitrogen and oxygen atoms in total. The zero-order valence-electron chi connectivity index (χ0n) is 8.81. The first-order valence-electron chi connectivity index (χ1n) is 5.56. The van der Waals surface area contributed by atoms with Gasteiger partial charge in [0.15, 0.2) is 0 Å². The Morgan fingerprint density at radius 1 is 1.38 bits per heavy atom. The van der Waals surface area contributed by atoms with E-state index in [0.717, 1.165) is 34.8 Å². The molecule has 1 aromatic carbocycles. The second-order valence-electron chi connectivity index (χ2n) is 4.35. The van der Waals surface area contributed by atoms with Gasteiger partial charge in [-0.1, -0.05) is 15.9 Å². The van der Waals surface area contributed by atoms with E-state index in [2.05, 4.69) is 31.5 Å². The maximum Gasteiger partial charge on any atom is 0.0961 e. The second kappa shape index (κ2) is 3.86. The van der Waals surface area contributed by atoms with E-state index in [0.29, 0.717) is 0 Å². The third kappa shape index (κ3) is 1.57. The molecule has 0 amide bonds. The van der Waals surface area contributed by atoms with Crippen molar-refractivity contribution >= 4 is 27.0 Å². The molecule has 4 heteroatoms. The largest absolute Gasteiger partial charge is 0.391 e. The minimum absolute atomic E-state index is 0.194. The van der Waals surface area contributed by atoms with E-state index in [1.807, 2.05) is 18.5 Å². The van der Waals surface area contributed by atoms with Gasteiger partial charge in [0.05, 0.1) is 29.5 Å². The fourth-order valence-corrected chi connectivity index (χ4v) is 2.86. The molecule has 1 saturated carbocycles. The molecule has 1 aliphatic carbocycles. The van der Waals surface area contributed by atoms with Gasteiger partial charge in [0, 0.05) is 4.47 Å². The van der Waals surface area contributed by atoms with Gasteiger partial charge in [0.2, 0.25) is 0 Å². The molecule has 0 radical (unpaired) electrons. The molecule has 2 atom stereocenters. The molecule has 0 spiro atoms. The fourth-order valence-electron chi connectivity index (χ4n) is 2.51. The van der Waals surface area contributed by atoms with Crippen LogP contribution < -0.4 is 0 Å². The number of benzene rings is 1. The van der Waals surface area contributed by atoms with E-state index in [1.165, 1.54) is 0 Å². The van der Waals surface area contributed by atoms with Gasteiger partial charge in [-0.15, -0.1) is 0 Å². The van der Waals surface area contributed by atoms with Crippen molar-refractivity contribution in [1.82, 2.24) is 9.55 Å².